The second-order valence-corrected chi connectivity index (χ2v) is 12.0. The van der Waals surface area contributed by atoms with Gasteiger partial charge in [-0.2, -0.15) is 0 Å². The lowest BCUT2D eigenvalue weighted by atomic mass is 10.0. The molecule has 10 aromatic rings. The molecule has 0 amide bonds. The van der Waals surface area contributed by atoms with Crippen molar-refractivity contribution in [3.63, 3.8) is 0 Å². The van der Waals surface area contributed by atoms with Crippen molar-refractivity contribution in [2.45, 2.75) is 0 Å². The SMILES string of the molecule is c1ccc(-c2nc(-c3ccc4ccccc4c3)nc(-c3cccc4oc5cc(-c6ccc7c(c6)oc6ccccc67)ccc5c34)n2)cc1. The Kier molecular flexibility index (Phi) is 5.81. The van der Waals surface area contributed by atoms with Crippen LogP contribution in [0.4, 0.5) is 0 Å². The minimum absolute atomic E-state index is 0.597. The number of furan rings is 2. The predicted molar refractivity (Wildman–Crippen MR) is 194 cm³/mol. The fourth-order valence-electron chi connectivity index (χ4n) is 6.77. The van der Waals surface area contributed by atoms with Crippen molar-refractivity contribution in [1.82, 2.24) is 15.0 Å². The molecule has 0 N–H and O–H groups in total. The molecular formula is C43H25N3O2. The highest BCUT2D eigenvalue weighted by Crippen LogP contribution is 2.39. The number of rotatable bonds is 4. The van der Waals surface area contributed by atoms with Gasteiger partial charge >= 0.3 is 0 Å². The Hall–Kier alpha value is -6.59. The summed E-state index contributed by atoms with van der Waals surface area (Å²) in [4.78, 5) is 15.1. The third kappa shape index (κ3) is 4.29. The second-order valence-electron chi connectivity index (χ2n) is 12.0. The van der Waals surface area contributed by atoms with Crippen molar-refractivity contribution in [2.75, 3.05) is 0 Å². The standard InChI is InChI=1S/C43H25N3O2/c1-2-10-27(11-3-1)41-44-42(31-18-17-26-9-4-5-12-28(26)23-31)46-43(45-41)35-14-8-16-37-40(35)34-22-20-30(25-39(34)48-37)29-19-21-33-32-13-6-7-15-36(32)47-38(33)24-29/h1-25H. The normalized spacial score (nSPS) is 11.8. The third-order valence-corrected chi connectivity index (χ3v) is 9.13. The van der Waals surface area contributed by atoms with Crippen LogP contribution >= 0.6 is 0 Å². The molecule has 0 atom stereocenters. The van der Waals surface area contributed by atoms with Crippen molar-refractivity contribution < 1.29 is 8.83 Å². The Balaban J connectivity index is 1.13. The number of benzene rings is 7. The van der Waals surface area contributed by atoms with Crippen LogP contribution in [0.15, 0.2) is 160 Å². The number of para-hydroxylation sites is 1. The quantitative estimate of drug-likeness (QED) is 0.197. The predicted octanol–water partition coefficient (Wildman–Crippen LogP) is 11.5. The summed E-state index contributed by atoms with van der Waals surface area (Å²) < 4.78 is 12.7. The van der Waals surface area contributed by atoms with E-state index in [0.717, 1.165) is 77.1 Å². The Morgan fingerprint density at radius 3 is 1.79 bits per heavy atom. The van der Waals surface area contributed by atoms with Gasteiger partial charge in [0.1, 0.15) is 22.3 Å². The molecule has 48 heavy (non-hydrogen) atoms. The highest BCUT2D eigenvalue weighted by atomic mass is 16.3. The van der Waals surface area contributed by atoms with Crippen molar-refractivity contribution in [1.29, 1.82) is 0 Å². The van der Waals surface area contributed by atoms with Gasteiger partial charge < -0.3 is 8.83 Å². The zero-order valence-corrected chi connectivity index (χ0v) is 25.6. The van der Waals surface area contributed by atoms with E-state index in [9.17, 15) is 0 Å². The molecule has 0 bridgehead atoms. The van der Waals surface area contributed by atoms with Crippen LogP contribution in [0.3, 0.4) is 0 Å². The molecule has 0 fully saturated rings. The van der Waals surface area contributed by atoms with Gasteiger partial charge in [-0.15, -0.1) is 0 Å². The van der Waals surface area contributed by atoms with Gasteiger partial charge in [-0.3, -0.25) is 0 Å². The largest absolute Gasteiger partial charge is 0.456 e. The zero-order chi connectivity index (χ0) is 31.6. The average molecular weight is 616 g/mol. The first-order valence-corrected chi connectivity index (χ1v) is 15.9. The number of hydrogen-bond acceptors (Lipinski definition) is 5. The first kappa shape index (κ1) is 26.6. The second kappa shape index (κ2) is 10.5. The lowest BCUT2D eigenvalue weighted by Gasteiger charge is -2.10. The fraction of sp³-hybridized carbons (Fsp3) is 0. The zero-order valence-electron chi connectivity index (χ0n) is 25.6. The van der Waals surface area contributed by atoms with Gasteiger partial charge in [0, 0.05) is 38.2 Å². The van der Waals surface area contributed by atoms with Gasteiger partial charge in [0.25, 0.3) is 0 Å². The molecule has 3 aromatic heterocycles. The van der Waals surface area contributed by atoms with Crippen LogP contribution in [0, 0.1) is 0 Å². The molecule has 0 saturated carbocycles. The Bertz CT molecular complexity index is 2850. The van der Waals surface area contributed by atoms with E-state index in [1.165, 1.54) is 5.39 Å². The van der Waals surface area contributed by atoms with Crippen LogP contribution in [-0.4, -0.2) is 15.0 Å². The maximum Gasteiger partial charge on any atom is 0.164 e. The molecule has 10 rings (SSSR count). The molecule has 0 spiro atoms. The van der Waals surface area contributed by atoms with Gasteiger partial charge in [0.2, 0.25) is 0 Å². The minimum atomic E-state index is 0.597. The van der Waals surface area contributed by atoms with Crippen LogP contribution in [0.5, 0.6) is 0 Å². The van der Waals surface area contributed by atoms with Gasteiger partial charge in [0.05, 0.1) is 0 Å². The highest BCUT2D eigenvalue weighted by Gasteiger charge is 2.19. The van der Waals surface area contributed by atoms with Crippen molar-refractivity contribution in [3.05, 3.63) is 152 Å². The van der Waals surface area contributed by atoms with Crippen LogP contribution < -0.4 is 0 Å². The number of aromatic nitrogens is 3. The lowest BCUT2D eigenvalue weighted by molar-refractivity contribution is 0.668. The molecule has 0 aliphatic rings. The number of hydrogen-bond donors (Lipinski definition) is 0. The van der Waals surface area contributed by atoms with Crippen LogP contribution in [0.2, 0.25) is 0 Å². The molecule has 0 aliphatic heterocycles. The first-order valence-electron chi connectivity index (χ1n) is 15.9. The molecule has 3 heterocycles. The summed E-state index contributed by atoms with van der Waals surface area (Å²) in [5.74, 6) is 1.84. The maximum absolute atomic E-state index is 6.50. The summed E-state index contributed by atoms with van der Waals surface area (Å²) in [5, 5.41) is 6.52. The molecule has 0 radical (unpaired) electrons. The van der Waals surface area contributed by atoms with E-state index in [0.29, 0.717) is 17.5 Å². The van der Waals surface area contributed by atoms with E-state index in [1.54, 1.807) is 0 Å². The van der Waals surface area contributed by atoms with Crippen molar-refractivity contribution in [2.24, 2.45) is 0 Å². The van der Waals surface area contributed by atoms with Crippen molar-refractivity contribution in [3.8, 4) is 45.3 Å². The summed E-state index contributed by atoms with van der Waals surface area (Å²) in [6, 6.07) is 51.7. The van der Waals surface area contributed by atoms with Crippen LogP contribution in [0.25, 0.3) is 99.9 Å². The molecule has 0 aliphatic carbocycles. The highest BCUT2D eigenvalue weighted by molar-refractivity contribution is 6.13. The monoisotopic (exact) mass is 615 g/mol. The lowest BCUT2D eigenvalue weighted by Crippen LogP contribution is -2.00. The van der Waals surface area contributed by atoms with Gasteiger partial charge in [-0.25, -0.2) is 15.0 Å². The number of fused-ring (bicyclic) bond motifs is 7. The molecule has 0 unspecified atom stereocenters. The molecule has 5 nitrogen and oxygen atoms in total. The first-order chi connectivity index (χ1) is 23.7. The molecule has 5 heteroatoms. The molecule has 7 aromatic carbocycles. The third-order valence-electron chi connectivity index (χ3n) is 9.13. The Morgan fingerprint density at radius 1 is 0.333 bits per heavy atom. The topological polar surface area (TPSA) is 65.0 Å². The van der Waals surface area contributed by atoms with Gasteiger partial charge in [-0.1, -0.05) is 109 Å². The van der Waals surface area contributed by atoms with Gasteiger partial charge in [-0.05, 0) is 64.4 Å². The summed E-state index contributed by atoms with van der Waals surface area (Å²) in [6.07, 6.45) is 0. The number of nitrogens with zero attached hydrogens (tertiary/aromatic N) is 3. The minimum Gasteiger partial charge on any atom is -0.456 e. The maximum atomic E-state index is 6.50. The summed E-state index contributed by atoms with van der Waals surface area (Å²) in [6.45, 7) is 0. The summed E-state index contributed by atoms with van der Waals surface area (Å²) in [5.41, 5.74) is 8.21. The van der Waals surface area contributed by atoms with E-state index < -0.39 is 0 Å². The van der Waals surface area contributed by atoms with Crippen LogP contribution in [0.1, 0.15) is 0 Å². The molecular weight excluding hydrogens is 590 g/mol. The van der Waals surface area contributed by atoms with E-state index in [4.69, 9.17) is 23.8 Å². The van der Waals surface area contributed by atoms with E-state index >= 15 is 0 Å². The van der Waals surface area contributed by atoms with Gasteiger partial charge in [0.15, 0.2) is 17.5 Å². The van der Waals surface area contributed by atoms with Crippen molar-refractivity contribution >= 4 is 54.6 Å². The van der Waals surface area contributed by atoms with E-state index in [2.05, 4.69) is 84.9 Å². The summed E-state index contributed by atoms with van der Waals surface area (Å²) >= 11 is 0. The molecule has 224 valence electrons. The molecule has 0 saturated heterocycles. The fourth-order valence-corrected chi connectivity index (χ4v) is 6.77. The van der Waals surface area contributed by atoms with E-state index in [-0.39, 0.29) is 0 Å². The van der Waals surface area contributed by atoms with E-state index in [1.807, 2.05) is 66.7 Å². The summed E-state index contributed by atoms with van der Waals surface area (Å²) in [7, 11) is 0. The average Bonchev–Trinajstić information content (AvgIpc) is 3.72. The Labute approximate surface area is 274 Å². The van der Waals surface area contributed by atoms with Crippen LogP contribution in [-0.2, 0) is 0 Å². The smallest absolute Gasteiger partial charge is 0.164 e. The Morgan fingerprint density at radius 2 is 0.938 bits per heavy atom.